The third-order valence-corrected chi connectivity index (χ3v) is 4.88. The Balaban J connectivity index is 1.59. The van der Waals surface area contributed by atoms with E-state index in [1.165, 1.54) is 0 Å². The van der Waals surface area contributed by atoms with Gasteiger partial charge in [0.2, 0.25) is 0 Å². The first kappa shape index (κ1) is 18.0. The smallest absolute Gasteiger partial charge is 0.410 e. The Hall–Kier alpha value is -1.85. The molecule has 0 spiro atoms. The summed E-state index contributed by atoms with van der Waals surface area (Å²) in [5.41, 5.74) is 0.582. The third kappa shape index (κ3) is 4.05. The van der Waals surface area contributed by atoms with Crippen LogP contribution in [0.5, 0.6) is 0 Å². The van der Waals surface area contributed by atoms with Gasteiger partial charge in [0, 0.05) is 43.4 Å². The van der Waals surface area contributed by atoms with E-state index in [2.05, 4.69) is 48.0 Å². The standard InChI is InChI=1S/C19H30N4O2/c1-18(2,3)15-7-8-16(21-20-15)22-9-13-11-23(12-14(13)10-22)17(24)25-19(4,5)6/h7-8,13-14H,9-12H2,1-6H3. The number of carbonyl (C=O) groups excluding carboxylic acids is 1. The Bertz CT molecular complexity index is 616. The van der Waals surface area contributed by atoms with Crippen molar-refractivity contribution < 1.29 is 9.53 Å². The van der Waals surface area contributed by atoms with Crippen LogP contribution in [0.15, 0.2) is 12.1 Å². The number of nitrogens with zero attached hydrogens (tertiary/aromatic N) is 4. The van der Waals surface area contributed by atoms with Crippen LogP contribution in [-0.2, 0) is 10.2 Å². The zero-order valence-electron chi connectivity index (χ0n) is 16.2. The van der Waals surface area contributed by atoms with E-state index in [1.807, 2.05) is 25.7 Å². The van der Waals surface area contributed by atoms with Gasteiger partial charge in [-0.25, -0.2) is 4.79 Å². The highest BCUT2D eigenvalue weighted by Gasteiger charge is 2.43. The van der Waals surface area contributed by atoms with Crippen molar-refractivity contribution in [3.8, 4) is 0 Å². The average molecular weight is 346 g/mol. The Labute approximate surface area is 150 Å². The van der Waals surface area contributed by atoms with E-state index in [9.17, 15) is 4.79 Å². The van der Waals surface area contributed by atoms with Crippen molar-refractivity contribution in [1.82, 2.24) is 15.1 Å². The van der Waals surface area contributed by atoms with Crippen molar-refractivity contribution in [3.05, 3.63) is 17.8 Å². The molecule has 0 aliphatic carbocycles. The van der Waals surface area contributed by atoms with E-state index in [4.69, 9.17) is 4.74 Å². The Kier molecular flexibility index (Phi) is 4.41. The van der Waals surface area contributed by atoms with Crippen molar-refractivity contribution >= 4 is 11.9 Å². The zero-order chi connectivity index (χ0) is 18.4. The Morgan fingerprint density at radius 3 is 2.04 bits per heavy atom. The predicted molar refractivity (Wildman–Crippen MR) is 97.7 cm³/mol. The minimum Gasteiger partial charge on any atom is -0.444 e. The lowest BCUT2D eigenvalue weighted by Crippen LogP contribution is -2.37. The lowest BCUT2D eigenvalue weighted by Gasteiger charge is -2.26. The fraction of sp³-hybridized carbons (Fsp3) is 0.737. The summed E-state index contributed by atoms with van der Waals surface area (Å²) < 4.78 is 5.49. The topological polar surface area (TPSA) is 58.6 Å². The van der Waals surface area contributed by atoms with E-state index >= 15 is 0 Å². The van der Waals surface area contributed by atoms with Crippen LogP contribution in [0.4, 0.5) is 10.6 Å². The summed E-state index contributed by atoms with van der Waals surface area (Å²) >= 11 is 0. The summed E-state index contributed by atoms with van der Waals surface area (Å²) in [5.74, 6) is 1.90. The van der Waals surface area contributed by atoms with Crippen molar-refractivity contribution in [3.63, 3.8) is 0 Å². The Morgan fingerprint density at radius 2 is 1.60 bits per heavy atom. The van der Waals surface area contributed by atoms with Gasteiger partial charge in [-0.2, -0.15) is 5.10 Å². The van der Waals surface area contributed by atoms with Gasteiger partial charge in [0.1, 0.15) is 5.60 Å². The molecule has 2 aliphatic rings. The molecule has 6 nitrogen and oxygen atoms in total. The largest absolute Gasteiger partial charge is 0.444 e. The van der Waals surface area contributed by atoms with Crippen molar-refractivity contribution in [2.24, 2.45) is 11.8 Å². The molecule has 1 aromatic heterocycles. The molecule has 1 amide bonds. The molecule has 1 aromatic rings. The highest BCUT2D eigenvalue weighted by Crippen LogP contribution is 2.34. The van der Waals surface area contributed by atoms with Gasteiger partial charge >= 0.3 is 6.09 Å². The molecule has 138 valence electrons. The maximum Gasteiger partial charge on any atom is 0.410 e. The first-order chi connectivity index (χ1) is 11.5. The fourth-order valence-electron chi connectivity index (χ4n) is 3.55. The molecule has 25 heavy (non-hydrogen) atoms. The van der Waals surface area contributed by atoms with Gasteiger partial charge in [0.15, 0.2) is 5.82 Å². The van der Waals surface area contributed by atoms with Crippen LogP contribution in [0, 0.1) is 11.8 Å². The minimum atomic E-state index is -0.439. The number of likely N-dealkylation sites (tertiary alicyclic amines) is 1. The lowest BCUT2D eigenvalue weighted by atomic mass is 9.92. The SMILES string of the molecule is CC(C)(C)OC(=O)N1CC2CN(c3ccc(C(C)(C)C)nn3)CC2C1. The molecule has 6 heteroatoms. The van der Waals surface area contributed by atoms with Gasteiger partial charge in [0.25, 0.3) is 0 Å². The van der Waals surface area contributed by atoms with Gasteiger partial charge in [-0.1, -0.05) is 20.8 Å². The number of aromatic nitrogens is 2. The lowest BCUT2D eigenvalue weighted by molar-refractivity contribution is 0.0282. The summed E-state index contributed by atoms with van der Waals surface area (Å²) in [6.07, 6.45) is -0.192. The summed E-state index contributed by atoms with van der Waals surface area (Å²) in [4.78, 5) is 16.4. The number of rotatable bonds is 1. The van der Waals surface area contributed by atoms with Crippen LogP contribution in [-0.4, -0.2) is 53.0 Å². The van der Waals surface area contributed by atoms with Crippen molar-refractivity contribution in [2.45, 2.75) is 52.6 Å². The molecule has 3 heterocycles. The van der Waals surface area contributed by atoms with Gasteiger partial charge < -0.3 is 14.5 Å². The number of carbonyl (C=O) groups is 1. The van der Waals surface area contributed by atoms with Gasteiger partial charge in [0.05, 0.1) is 5.69 Å². The van der Waals surface area contributed by atoms with E-state index < -0.39 is 5.60 Å². The maximum absolute atomic E-state index is 12.2. The predicted octanol–water partition coefficient (Wildman–Crippen LogP) is 3.08. The quantitative estimate of drug-likeness (QED) is 0.782. The molecule has 2 fully saturated rings. The second-order valence-corrected chi connectivity index (χ2v) is 9.34. The monoisotopic (exact) mass is 346 g/mol. The average Bonchev–Trinajstić information content (AvgIpc) is 3.03. The molecular weight excluding hydrogens is 316 g/mol. The van der Waals surface area contributed by atoms with Gasteiger partial charge in [-0.05, 0) is 32.9 Å². The molecular formula is C19H30N4O2. The molecule has 2 aliphatic heterocycles. The first-order valence-electron chi connectivity index (χ1n) is 9.10. The van der Waals surface area contributed by atoms with Crippen LogP contribution >= 0.6 is 0 Å². The molecule has 0 N–H and O–H groups in total. The summed E-state index contributed by atoms with van der Waals surface area (Å²) in [6.45, 7) is 15.5. The normalized spacial score (nSPS) is 23.8. The van der Waals surface area contributed by atoms with Gasteiger partial charge in [-0.15, -0.1) is 5.10 Å². The van der Waals surface area contributed by atoms with Crippen molar-refractivity contribution in [1.29, 1.82) is 0 Å². The number of hydrogen-bond donors (Lipinski definition) is 0. The third-order valence-electron chi connectivity index (χ3n) is 4.88. The second-order valence-electron chi connectivity index (χ2n) is 9.34. The number of amides is 1. The van der Waals surface area contributed by atoms with Crippen LogP contribution in [0.1, 0.15) is 47.2 Å². The second kappa shape index (κ2) is 6.15. The summed E-state index contributed by atoms with van der Waals surface area (Å²) in [5, 5.41) is 8.82. The summed E-state index contributed by atoms with van der Waals surface area (Å²) in [6, 6.07) is 4.14. The van der Waals surface area contributed by atoms with E-state index in [0.29, 0.717) is 11.8 Å². The maximum atomic E-state index is 12.2. The number of fused-ring (bicyclic) bond motifs is 1. The van der Waals surface area contributed by atoms with Crippen LogP contribution in [0.2, 0.25) is 0 Å². The molecule has 0 radical (unpaired) electrons. The molecule has 2 saturated heterocycles. The number of anilines is 1. The van der Waals surface area contributed by atoms with Crippen LogP contribution in [0.3, 0.4) is 0 Å². The fourth-order valence-corrected chi connectivity index (χ4v) is 3.55. The van der Waals surface area contributed by atoms with E-state index in [1.54, 1.807) is 0 Å². The number of ether oxygens (including phenoxy) is 1. The minimum absolute atomic E-state index is 0.0148. The molecule has 0 saturated carbocycles. The first-order valence-corrected chi connectivity index (χ1v) is 9.10. The Morgan fingerprint density at radius 1 is 1.00 bits per heavy atom. The molecule has 2 atom stereocenters. The molecule has 3 rings (SSSR count). The summed E-state index contributed by atoms with van der Waals surface area (Å²) in [7, 11) is 0. The van der Waals surface area contributed by atoms with Gasteiger partial charge in [-0.3, -0.25) is 0 Å². The zero-order valence-corrected chi connectivity index (χ0v) is 16.2. The molecule has 0 bridgehead atoms. The highest BCUT2D eigenvalue weighted by atomic mass is 16.6. The molecule has 0 aromatic carbocycles. The molecule has 2 unspecified atom stereocenters. The van der Waals surface area contributed by atoms with E-state index in [0.717, 1.165) is 37.7 Å². The number of hydrogen-bond acceptors (Lipinski definition) is 5. The highest BCUT2D eigenvalue weighted by molar-refractivity contribution is 5.68. The van der Waals surface area contributed by atoms with Crippen molar-refractivity contribution in [2.75, 3.05) is 31.1 Å². The van der Waals surface area contributed by atoms with Crippen LogP contribution < -0.4 is 4.90 Å². The van der Waals surface area contributed by atoms with E-state index in [-0.39, 0.29) is 11.5 Å². The van der Waals surface area contributed by atoms with Crippen LogP contribution in [0.25, 0.3) is 0 Å².